The molecule has 1 heterocycles. The first-order valence-electron chi connectivity index (χ1n) is 6.24. The summed E-state index contributed by atoms with van der Waals surface area (Å²) in [4.78, 5) is 11.8. The molecule has 92 valence electrons. The fourth-order valence-electron chi connectivity index (χ4n) is 3.35. The molecule has 2 fully saturated rings. The summed E-state index contributed by atoms with van der Waals surface area (Å²) >= 11 is 0. The summed E-state index contributed by atoms with van der Waals surface area (Å²) in [7, 11) is 0. The summed E-state index contributed by atoms with van der Waals surface area (Å²) in [6.07, 6.45) is 6.08. The van der Waals surface area contributed by atoms with E-state index in [1.165, 1.54) is 19.3 Å². The Hall–Kier alpha value is -1.39. The third kappa shape index (κ3) is 2.06. The van der Waals surface area contributed by atoms with Crippen LogP contribution >= 0.6 is 0 Å². The number of hydrogen-bond acceptors (Lipinski definition) is 2. The second kappa shape index (κ2) is 4.13. The lowest BCUT2D eigenvalue weighted by Crippen LogP contribution is -2.33. The molecule has 0 aromatic carbocycles. The molecule has 2 aliphatic rings. The van der Waals surface area contributed by atoms with Crippen LogP contribution in [-0.4, -0.2) is 22.1 Å². The highest BCUT2D eigenvalue weighted by atomic mass is 19.1. The average Bonchev–Trinajstić information content (AvgIpc) is 2.92. The molecular formula is C12H16FN3O. The van der Waals surface area contributed by atoms with Crippen molar-refractivity contribution in [3.8, 4) is 0 Å². The number of aromatic amines is 1. The number of nitrogens with one attached hydrogen (secondary N) is 2. The molecule has 5 heteroatoms. The van der Waals surface area contributed by atoms with Gasteiger partial charge in [-0.3, -0.25) is 9.89 Å². The molecule has 0 radical (unpaired) electrons. The van der Waals surface area contributed by atoms with Crippen LogP contribution in [0.3, 0.4) is 0 Å². The molecule has 0 saturated heterocycles. The van der Waals surface area contributed by atoms with E-state index in [9.17, 15) is 9.18 Å². The molecule has 17 heavy (non-hydrogen) atoms. The van der Waals surface area contributed by atoms with Gasteiger partial charge in [-0.2, -0.15) is 9.49 Å². The van der Waals surface area contributed by atoms with Crippen LogP contribution in [-0.2, 0) is 0 Å². The number of hydrogen-bond donors (Lipinski definition) is 2. The molecule has 0 spiro atoms. The monoisotopic (exact) mass is 237 g/mol. The normalized spacial score (nSPS) is 31.5. The van der Waals surface area contributed by atoms with E-state index in [0.717, 1.165) is 30.7 Å². The van der Waals surface area contributed by atoms with Crippen molar-refractivity contribution in [3.63, 3.8) is 0 Å². The van der Waals surface area contributed by atoms with Crippen molar-refractivity contribution in [2.75, 3.05) is 0 Å². The Balaban J connectivity index is 1.59. The van der Waals surface area contributed by atoms with Gasteiger partial charge in [0, 0.05) is 12.1 Å². The van der Waals surface area contributed by atoms with Gasteiger partial charge in [0.25, 0.3) is 5.91 Å². The fourth-order valence-corrected chi connectivity index (χ4v) is 3.35. The van der Waals surface area contributed by atoms with Crippen molar-refractivity contribution < 1.29 is 9.18 Å². The van der Waals surface area contributed by atoms with Crippen LogP contribution in [0.25, 0.3) is 0 Å². The first-order chi connectivity index (χ1) is 8.22. The Morgan fingerprint density at radius 2 is 2.12 bits per heavy atom. The molecule has 3 rings (SSSR count). The molecule has 2 N–H and O–H groups in total. The van der Waals surface area contributed by atoms with E-state index in [0.29, 0.717) is 0 Å². The number of amides is 1. The minimum absolute atomic E-state index is 0.138. The quantitative estimate of drug-likeness (QED) is 0.824. The molecule has 0 bridgehead atoms. The van der Waals surface area contributed by atoms with Gasteiger partial charge in [-0.25, -0.2) is 0 Å². The predicted octanol–water partition coefficient (Wildman–Crippen LogP) is 1.86. The summed E-state index contributed by atoms with van der Waals surface area (Å²) < 4.78 is 12.7. The number of aromatic nitrogens is 2. The average molecular weight is 237 g/mol. The standard InChI is InChI=1S/C12H16FN3O/c13-11-6-10(15-16-11)12(17)14-9-4-7-2-1-3-8(7)5-9/h6-9H,1-5H2,(H,14,17)(H,15,16). The lowest BCUT2D eigenvalue weighted by molar-refractivity contribution is 0.0931. The van der Waals surface area contributed by atoms with Gasteiger partial charge in [0.1, 0.15) is 0 Å². The predicted molar refractivity (Wildman–Crippen MR) is 59.9 cm³/mol. The molecule has 1 aromatic heterocycles. The Bertz CT molecular complexity index is 419. The SMILES string of the molecule is O=C(NC1CC2CCCC2C1)c1cc(F)[nH]n1. The van der Waals surface area contributed by atoms with Gasteiger partial charge in [-0.05, 0) is 24.7 Å². The van der Waals surface area contributed by atoms with Crippen LogP contribution in [0.15, 0.2) is 6.07 Å². The van der Waals surface area contributed by atoms with Gasteiger partial charge in [0.05, 0.1) is 0 Å². The molecule has 2 unspecified atom stereocenters. The van der Waals surface area contributed by atoms with E-state index in [1.807, 2.05) is 0 Å². The molecule has 1 amide bonds. The number of fused-ring (bicyclic) bond motifs is 1. The third-order valence-corrected chi connectivity index (χ3v) is 4.11. The van der Waals surface area contributed by atoms with Crippen LogP contribution < -0.4 is 5.32 Å². The smallest absolute Gasteiger partial charge is 0.272 e. The van der Waals surface area contributed by atoms with Crippen molar-refractivity contribution in [2.24, 2.45) is 11.8 Å². The van der Waals surface area contributed by atoms with Crippen LogP contribution in [0.2, 0.25) is 0 Å². The zero-order valence-corrected chi connectivity index (χ0v) is 9.58. The van der Waals surface area contributed by atoms with Gasteiger partial charge in [0.15, 0.2) is 5.69 Å². The number of halogens is 1. The topological polar surface area (TPSA) is 57.8 Å². The number of carbonyl (C=O) groups excluding carboxylic acids is 1. The van der Waals surface area contributed by atoms with E-state index in [4.69, 9.17) is 0 Å². The fraction of sp³-hybridized carbons (Fsp3) is 0.667. The maximum atomic E-state index is 12.7. The maximum Gasteiger partial charge on any atom is 0.272 e. The summed E-state index contributed by atoms with van der Waals surface area (Å²) in [6.45, 7) is 0. The molecule has 2 aliphatic carbocycles. The zero-order valence-electron chi connectivity index (χ0n) is 9.58. The van der Waals surface area contributed by atoms with Crippen LogP contribution in [0.4, 0.5) is 4.39 Å². The van der Waals surface area contributed by atoms with Crippen LogP contribution in [0.1, 0.15) is 42.6 Å². The Morgan fingerprint density at radius 3 is 2.71 bits per heavy atom. The summed E-state index contributed by atoms with van der Waals surface area (Å²) in [5.41, 5.74) is 0.138. The molecular weight excluding hydrogens is 221 g/mol. The van der Waals surface area contributed by atoms with Crippen molar-refractivity contribution in [2.45, 2.75) is 38.1 Å². The second-order valence-corrected chi connectivity index (χ2v) is 5.19. The van der Waals surface area contributed by atoms with E-state index in [1.54, 1.807) is 0 Å². The molecule has 0 aliphatic heterocycles. The van der Waals surface area contributed by atoms with Crippen molar-refractivity contribution in [1.82, 2.24) is 15.5 Å². The first kappa shape index (κ1) is 10.7. The van der Waals surface area contributed by atoms with Gasteiger partial charge in [-0.1, -0.05) is 19.3 Å². The van der Waals surface area contributed by atoms with E-state index in [-0.39, 0.29) is 17.6 Å². The molecule has 2 atom stereocenters. The van der Waals surface area contributed by atoms with Crippen molar-refractivity contribution >= 4 is 5.91 Å². The largest absolute Gasteiger partial charge is 0.348 e. The van der Waals surface area contributed by atoms with E-state index >= 15 is 0 Å². The van der Waals surface area contributed by atoms with E-state index < -0.39 is 5.95 Å². The van der Waals surface area contributed by atoms with Gasteiger partial charge < -0.3 is 5.32 Å². The van der Waals surface area contributed by atoms with Crippen LogP contribution in [0.5, 0.6) is 0 Å². The first-order valence-corrected chi connectivity index (χ1v) is 6.24. The number of rotatable bonds is 2. The van der Waals surface area contributed by atoms with Crippen LogP contribution in [0, 0.1) is 17.8 Å². The minimum Gasteiger partial charge on any atom is -0.348 e. The van der Waals surface area contributed by atoms with Gasteiger partial charge in [-0.15, -0.1) is 0 Å². The highest BCUT2D eigenvalue weighted by Gasteiger charge is 2.37. The Morgan fingerprint density at radius 1 is 1.41 bits per heavy atom. The highest BCUT2D eigenvalue weighted by Crippen LogP contribution is 2.43. The number of nitrogens with zero attached hydrogens (tertiary/aromatic N) is 1. The molecule has 2 saturated carbocycles. The third-order valence-electron chi connectivity index (χ3n) is 4.11. The van der Waals surface area contributed by atoms with Crippen molar-refractivity contribution in [1.29, 1.82) is 0 Å². The summed E-state index contributed by atoms with van der Waals surface area (Å²) in [6, 6.07) is 1.38. The lowest BCUT2D eigenvalue weighted by atomic mass is 10.0. The zero-order chi connectivity index (χ0) is 11.8. The summed E-state index contributed by atoms with van der Waals surface area (Å²) in [5.74, 6) is 0.737. The summed E-state index contributed by atoms with van der Waals surface area (Å²) in [5, 5.41) is 8.70. The molecule has 1 aromatic rings. The lowest BCUT2D eigenvalue weighted by Gasteiger charge is -2.12. The minimum atomic E-state index is -0.571. The Kier molecular flexibility index (Phi) is 2.61. The second-order valence-electron chi connectivity index (χ2n) is 5.19. The van der Waals surface area contributed by atoms with E-state index in [2.05, 4.69) is 15.5 Å². The Labute approximate surface area is 99.0 Å². The number of carbonyl (C=O) groups is 1. The van der Waals surface area contributed by atoms with Crippen molar-refractivity contribution in [3.05, 3.63) is 17.7 Å². The van der Waals surface area contributed by atoms with Gasteiger partial charge >= 0.3 is 0 Å². The maximum absolute atomic E-state index is 12.7. The highest BCUT2D eigenvalue weighted by molar-refractivity contribution is 5.92. The molecule has 4 nitrogen and oxygen atoms in total. The number of H-pyrrole nitrogens is 1. The van der Waals surface area contributed by atoms with Gasteiger partial charge in [0.2, 0.25) is 5.95 Å².